The zero-order valence-corrected chi connectivity index (χ0v) is 15.4. The Labute approximate surface area is 141 Å². The van der Waals surface area contributed by atoms with Gasteiger partial charge in [0.25, 0.3) is 0 Å². The second-order valence-corrected chi connectivity index (χ2v) is 8.73. The molecule has 128 valence electrons. The minimum Gasteiger partial charge on any atom is -0.469 e. The quantitative estimate of drug-likeness (QED) is 0.647. The van der Waals surface area contributed by atoms with Gasteiger partial charge >= 0.3 is 5.97 Å². The molecule has 0 radical (unpaired) electrons. The summed E-state index contributed by atoms with van der Waals surface area (Å²) in [5.74, 6) is 1.69. The summed E-state index contributed by atoms with van der Waals surface area (Å²) < 4.78 is 5.21. The van der Waals surface area contributed by atoms with Crippen molar-refractivity contribution in [3.63, 3.8) is 0 Å². The van der Waals surface area contributed by atoms with Crippen molar-refractivity contribution in [3.8, 4) is 0 Å². The van der Waals surface area contributed by atoms with Crippen LogP contribution in [0, 0.1) is 28.6 Å². The zero-order chi connectivity index (χ0) is 16.8. The normalized spacial score (nSPS) is 39.9. The topological polar surface area (TPSA) is 26.3 Å². The summed E-state index contributed by atoms with van der Waals surface area (Å²) in [6.45, 7) is 9.18. The highest BCUT2D eigenvalue weighted by atomic mass is 16.5. The molecule has 3 rings (SSSR count). The smallest absolute Gasteiger partial charge is 0.311 e. The minimum atomic E-state index is -0.296. The Hall–Kier alpha value is -1.05. The molecule has 0 aromatic heterocycles. The summed E-state index contributed by atoms with van der Waals surface area (Å²) in [4.78, 5) is 12.5. The van der Waals surface area contributed by atoms with E-state index in [4.69, 9.17) is 4.74 Å². The molecular formula is C21H32O2. The molecule has 23 heavy (non-hydrogen) atoms. The molecule has 2 saturated carbocycles. The summed E-state index contributed by atoms with van der Waals surface area (Å²) in [7, 11) is 1.55. The maximum atomic E-state index is 12.5. The molecule has 0 unspecified atom stereocenters. The van der Waals surface area contributed by atoms with Crippen LogP contribution in [0.25, 0.3) is 0 Å². The Kier molecular flexibility index (Phi) is 4.23. The van der Waals surface area contributed by atoms with Gasteiger partial charge in [-0.25, -0.2) is 0 Å². The summed E-state index contributed by atoms with van der Waals surface area (Å²) >= 11 is 0. The zero-order valence-electron chi connectivity index (χ0n) is 15.4. The van der Waals surface area contributed by atoms with Crippen LogP contribution in [-0.4, -0.2) is 13.1 Å². The Morgan fingerprint density at radius 1 is 1.30 bits per heavy atom. The van der Waals surface area contributed by atoms with E-state index in [1.807, 2.05) is 0 Å². The lowest BCUT2D eigenvalue weighted by Gasteiger charge is -2.58. The SMILES string of the molecule is COC(=O)[C@]1(C)CCC[C@@]2(C)[C@H]1CCC1=CC(C(C)C)=CC[C@@H]12. The van der Waals surface area contributed by atoms with Crippen LogP contribution >= 0.6 is 0 Å². The van der Waals surface area contributed by atoms with Gasteiger partial charge in [0.05, 0.1) is 12.5 Å². The van der Waals surface area contributed by atoms with Gasteiger partial charge in [-0.2, -0.15) is 0 Å². The van der Waals surface area contributed by atoms with Crippen molar-refractivity contribution >= 4 is 5.97 Å². The lowest BCUT2D eigenvalue weighted by atomic mass is 9.46. The van der Waals surface area contributed by atoms with Gasteiger partial charge in [0.1, 0.15) is 0 Å². The van der Waals surface area contributed by atoms with Crippen LogP contribution in [0.5, 0.6) is 0 Å². The number of ether oxygens (including phenoxy) is 1. The molecule has 0 N–H and O–H groups in total. The summed E-state index contributed by atoms with van der Waals surface area (Å²) in [5, 5.41) is 0. The maximum Gasteiger partial charge on any atom is 0.311 e. The van der Waals surface area contributed by atoms with Crippen molar-refractivity contribution < 1.29 is 9.53 Å². The molecule has 0 bridgehead atoms. The number of fused-ring (bicyclic) bond motifs is 3. The van der Waals surface area contributed by atoms with Gasteiger partial charge in [0, 0.05) is 0 Å². The maximum absolute atomic E-state index is 12.5. The van der Waals surface area contributed by atoms with E-state index in [1.165, 1.54) is 12.0 Å². The Morgan fingerprint density at radius 3 is 2.70 bits per heavy atom. The number of methoxy groups -OCH3 is 1. The fraction of sp³-hybridized carbons (Fsp3) is 0.762. The largest absolute Gasteiger partial charge is 0.469 e. The number of esters is 1. The standard InChI is InChI=1S/C21H32O2/c1-14(2)15-7-9-17-16(13-15)8-10-18-20(17,3)11-6-12-21(18,4)19(22)23-5/h7,13-14,17-18H,6,8-12H2,1-5H3/t17-,18+,20+,21+/m0/s1. The third kappa shape index (κ3) is 2.49. The van der Waals surface area contributed by atoms with Crippen LogP contribution in [0.15, 0.2) is 23.3 Å². The number of rotatable bonds is 2. The third-order valence-corrected chi connectivity index (χ3v) is 7.20. The predicted molar refractivity (Wildman–Crippen MR) is 93.9 cm³/mol. The fourth-order valence-electron chi connectivity index (χ4n) is 5.89. The van der Waals surface area contributed by atoms with Gasteiger partial charge in [-0.15, -0.1) is 0 Å². The lowest BCUT2D eigenvalue weighted by molar-refractivity contribution is -0.167. The molecule has 0 aromatic carbocycles. The highest BCUT2D eigenvalue weighted by Crippen LogP contribution is 2.63. The molecular weight excluding hydrogens is 284 g/mol. The molecule has 2 heteroatoms. The van der Waals surface area contributed by atoms with Gasteiger partial charge in [-0.1, -0.05) is 44.9 Å². The average Bonchev–Trinajstić information content (AvgIpc) is 2.53. The number of allylic oxidation sites excluding steroid dienone is 4. The molecule has 3 aliphatic carbocycles. The summed E-state index contributed by atoms with van der Waals surface area (Å²) in [6, 6.07) is 0. The summed E-state index contributed by atoms with van der Waals surface area (Å²) in [6.07, 6.45) is 11.8. The van der Waals surface area contributed by atoms with Gasteiger partial charge in [0.2, 0.25) is 0 Å². The second kappa shape index (κ2) is 5.79. The Bertz CT molecular complexity index is 556. The molecule has 3 aliphatic rings. The number of carbonyl (C=O) groups is 1. The van der Waals surface area contributed by atoms with Crippen LogP contribution < -0.4 is 0 Å². The minimum absolute atomic E-state index is 0.00933. The first-order valence-corrected chi connectivity index (χ1v) is 9.32. The van der Waals surface area contributed by atoms with Gasteiger partial charge < -0.3 is 4.74 Å². The van der Waals surface area contributed by atoms with Gasteiger partial charge in [-0.3, -0.25) is 4.79 Å². The van der Waals surface area contributed by atoms with Crippen molar-refractivity contribution in [1.82, 2.24) is 0 Å². The molecule has 0 amide bonds. The van der Waals surface area contributed by atoms with Gasteiger partial charge in [-0.05, 0) is 67.8 Å². The molecule has 2 fully saturated rings. The highest BCUT2D eigenvalue weighted by molar-refractivity contribution is 5.77. The van der Waals surface area contributed by atoms with Crippen molar-refractivity contribution in [3.05, 3.63) is 23.3 Å². The number of carbonyl (C=O) groups excluding carboxylic acids is 1. The van der Waals surface area contributed by atoms with Crippen LogP contribution in [0.3, 0.4) is 0 Å². The molecule has 0 heterocycles. The molecule has 0 spiro atoms. The van der Waals surface area contributed by atoms with Crippen molar-refractivity contribution in [2.45, 2.75) is 66.2 Å². The van der Waals surface area contributed by atoms with E-state index in [0.717, 1.165) is 32.1 Å². The van der Waals surface area contributed by atoms with Crippen molar-refractivity contribution in [1.29, 1.82) is 0 Å². The Morgan fingerprint density at radius 2 is 2.04 bits per heavy atom. The van der Waals surface area contributed by atoms with Crippen LogP contribution in [0.4, 0.5) is 0 Å². The van der Waals surface area contributed by atoms with E-state index in [9.17, 15) is 4.79 Å². The monoisotopic (exact) mass is 316 g/mol. The third-order valence-electron chi connectivity index (χ3n) is 7.20. The lowest BCUT2D eigenvalue weighted by Crippen LogP contribution is -2.53. The highest BCUT2D eigenvalue weighted by Gasteiger charge is 2.58. The molecule has 0 aromatic rings. The van der Waals surface area contributed by atoms with E-state index in [0.29, 0.717) is 17.8 Å². The fourth-order valence-corrected chi connectivity index (χ4v) is 5.89. The van der Waals surface area contributed by atoms with E-state index >= 15 is 0 Å². The van der Waals surface area contributed by atoms with Crippen molar-refractivity contribution in [2.75, 3.05) is 7.11 Å². The van der Waals surface area contributed by atoms with E-state index in [2.05, 4.69) is 39.8 Å². The van der Waals surface area contributed by atoms with E-state index in [-0.39, 0.29) is 16.8 Å². The van der Waals surface area contributed by atoms with E-state index in [1.54, 1.807) is 12.7 Å². The number of hydrogen-bond donors (Lipinski definition) is 0. The van der Waals surface area contributed by atoms with Gasteiger partial charge in [0.15, 0.2) is 0 Å². The average molecular weight is 316 g/mol. The number of hydrogen-bond acceptors (Lipinski definition) is 2. The predicted octanol–water partition coefficient (Wildman–Crippen LogP) is 5.29. The summed E-state index contributed by atoms with van der Waals surface area (Å²) in [5.41, 5.74) is 3.09. The van der Waals surface area contributed by atoms with Crippen molar-refractivity contribution in [2.24, 2.45) is 28.6 Å². The first-order chi connectivity index (χ1) is 10.8. The first kappa shape index (κ1) is 16.8. The van der Waals surface area contributed by atoms with Crippen LogP contribution in [0.2, 0.25) is 0 Å². The molecule has 2 nitrogen and oxygen atoms in total. The Balaban J connectivity index is 1.94. The van der Waals surface area contributed by atoms with Crippen LogP contribution in [0.1, 0.15) is 66.2 Å². The molecule has 0 aliphatic heterocycles. The second-order valence-electron chi connectivity index (χ2n) is 8.73. The van der Waals surface area contributed by atoms with E-state index < -0.39 is 0 Å². The van der Waals surface area contributed by atoms with Crippen LogP contribution in [-0.2, 0) is 9.53 Å². The molecule has 0 saturated heterocycles. The first-order valence-electron chi connectivity index (χ1n) is 9.32. The molecule has 4 atom stereocenters.